The van der Waals surface area contributed by atoms with Gasteiger partial charge in [0.15, 0.2) is 12.2 Å². The number of carbonyl (C=O) groups excluding carboxylic acids is 2. The number of carbonyl (C=O) groups is 2. The molecule has 0 bridgehead atoms. The highest BCUT2D eigenvalue weighted by Gasteiger charge is 2.63. The van der Waals surface area contributed by atoms with E-state index in [1.54, 1.807) is 24.0 Å². The molecule has 0 unspecified atom stereocenters. The molecule has 0 spiro atoms. The molecule has 0 aliphatic carbocycles. The van der Waals surface area contributed by atoms with E-state index in [1.165, 1.54) is 0 Å². The molecule has 0 aromatic heterocycles. The van der Waals surface area contributed by atoms with Crippen LogP contribution in [-0.2, 0) is 32.3 Å². The van der Waals surface area contributed by atoms with Crippen LogP contribution in [0.3, 0.4) is 0 Å². The SMILES string of the molecule is COc1ccc(N2C(=O)[C@@H](OCc3ccccc3)[C@H]2[C@@H]2[C@H](OCc3ccccc3)C(=O)N2c2ccc(OC)cc2)cc1. The fourth-order valence-electron chi connectivity index (χ4n) is 5.57. The minimum absolute atomic E-state index is 0.170. The maximum atomic E-state index is 13.7. The molecular formula is C34H32N2O6. The molecule has 42 heavy (non-hydrogen) atoms. The number of benzene rings is 4. The number of methoxy groups -OCH3 is 2. The highest BCUT2D eigenvalue weighted by molar-refractivity contribution is 6.10. The Morgan fingerprint density at radius 2 is 0.881 bits per heavy atom. The van der Waals surface area contributed by atoms with E-state index in [1.807, 2.05) is 109 Å². The van der Waals surface area contributed by atoms with Gasteiger partial charge >= 0.3 is 0 Å². The molecule has 0 saturated carbocycles. The number of β-lactam (4-membered cyclic amide) rings is 2. The van der Waals surface area contributed by atoms with Gasteiger partial charge in [-0.25, -0.2) is 0 Å². The second kappa shape index (κ2) is 12.1. The van der Waals surface area contributed by atoms with Crippen molar-refractivity contribution in [1.29, 1.82) is 0 Å². The number of hydrogen-bond acceptors (Lipinski definition) is 6. The second-order valence-electron chi connectivity index (χ2n) is 10.2. The molecule has 4 aromatic carbocycles. The van der Waals surface area contributed by atoms with Crippen molar-refractivity contribution in [2.75, 3.05) is 24.0 Å². The molecule has 0 N–H and O–H groups in total. The Hall–Kier alpha value is -4.66. The van der Waals surface area contributed by atoms with Crippen LogP contribution in [-0.4, -0.2) is 50.3 Å². The monoisotopic (exact) mass is 564 g/mol. The summed E-state index contributed by atoms with van der Waals surface area (Å²) >= 11 is 0. The highest BCUT2D eigenvalue weighted by atomic mass is 16.5. The van der Waals surface area contributed by atoms with Gasteiger partial charge in [0.1, 0.15) is 11.5 Å². The van der Waals surface area contributed by atoms with E-state index in [0.29, 0.717) is 22.9 Å². The molecular weight excluding hydrogens is 532 g/mol. The molecule has 2 aliphatic heterocycles. The minimum Gasteiger partial charge on any atom is -0.497 e. The fraction of sp³-hybridized carbons (Fsp3) is 0.235. The smallest absolute Gasteiger partial charge is 0.258 e. The van der Waals surface area contributed by atoms with E-state index in [2.05, 4.69) is 0 Å². The lowest BCUT2D eigenvalue weighted by Crippen LogP contribution is -2.81. The minimum atomic E-state index is -0.769. The van der Waals surface area contributed by atoms with Crippen molar-refractivity contribution in [3.8, 4) is 11.5 Å². The standard InChI is InChI=1S/C34H32N2O6/c1-39-27-17-13-25(14-18-27)35-29(31(33(35)37)41-21-23-9-5-3-6-10-23)30-32(42-22-24-11-7-4-8-12-24)34(38)36(30)26-15-19-28(40-2)20-16-26/h3-20,29-32H,21-22H2,1-2H3/t29-,30-,31+,32+/m1/s1. The molecule has 4 atom stereocenters. The molecule has 214 valence electrons. The van der Waals surface area contributed by atoms with Crippen LogP contribution >= 0.6 is 0 Å². The Bertz CT molecular complexity index is 1390. The van der Waals surface area contributed by atoms with E-state index in [-0.39, 0.29) is 25.0 Å². The summed E-state index contributed by atoms with van der Waals surface area (Å²) in [5.41, 5.74) is 3.31. The maximum absolute atomic E-state index is 13.7. The molecule has 2 amide bonds. The van der Waals surface area contributed by atoms with Gasteiger partial charge in [0.2, 0.25) is 0 Å². The quantitative estimate of drug-likeness (QED) is 0.239. The lowest BCUT2D eigenvalue weighted by molar-refractivity contribution is -0.158. The van der Waals surface area contributed by atoms with Crippen molar-refractivity contribution in [3.63, 3.8) is 0 Å². The Morgan fingerprint density at radius 1 is 0.524 bits per heavy atom. The van der Waals surface area contributed by atoms with Gasteiger partial charge < -0.3 is 28.7 Å². The number of amides is 2. The molecule has 2 fully saturated rings. The normalized spacial score (nSPS) is 21.5. The van der Waals surface area contributed by atoms with Crippen molar-refractivity contribution in [3.05, 3.63) is 120 Å². The zero-order valence-corrected chi connectivity index (χ0v) is 23.5. The summed E-state index contributed by atoms with van der Waals surface area (Å²) in [5.74, 6) is 1.03. The fourth-order valence-corrected chi connectivity index (χ4v) is 5.57. The summed E-state index contributed by atoms with van der Waals surface area (Å²) in [6.07, 6.45) is -1.54. The van der Waals surface area contributed by atoms with Gasteiger partial charge in [-0.2, -0.15) is 0 Å². The Labute approximate surface area is 245 Å². The average molecular weight is 565 g/mol. The Morgan fingerprint density at radius 3 is 1.21 bits per heavy atom. The van der Waals surface area contributed by atoms with E-state index in [4.69, 9.17) is 18.9 Å². The van der Waals surface area contributed by atoms with Gasteiger partial charge in [0, 0.05) is 11.4 Å². The molecule has 2 saturated heterocycles. The molecule has 2 heterocycles. The zero-order valence-electron chi connectivity index (χ0n) is 23.5. The van der Waals surface area contributed by atoms with E-state index < -0.39 is 24.3 Å². The van der Waals surface area contributed by atoms with Crippen LogP contribution in [0.1, 0.15) is 11.1 Å². The molecule has 4 aromatic rings. The summed E-state index contributed by atoms with van der Waals surface area (Å²) in [5, 5.41) is 0. The van der Waals surface area contributed by atoms with Crippen molar-refractivity contribution < 1.29 is 28.5 Å². The summed E-state index contributed by atoms with van der Waals surface area (Å²) < 4.78 is 23.2. The van der Waals surface area contributed by atoms with Gasteiger partial charge in [-0.15, -0.1) is 0 Å². The topological polar surface area (TPSA) is 77.5 Å². The second-order valence-corrected chi connectivity index (χ2v) is 10.2. The van der Waals surface area contributed by atoms with Crippen LogP contribution in [0.15, 0.2) is 109 Å². The van der Waals surface area contributed by atoms with Gasteiger partial charge in [-0.05, 0) is 59.7 Å². The third kappa shape index (κ3) is 5.22. The molecule has 8 nitrogen and oxygen atoms in total. The van der Waals surface area contributed by atoms with Crippen molar-refractivity contribution >= 4 is 23.2 Å². The summed E-state index contributed by atoms with van der Waals surface area (Å²) in [6, 6.07) is 33.1. The highest BCUT2D eigenvalue weighted by Crippen LogP contribution is 2.42. The molecule has 2 aliphatic rings. The van der Waals surface area contributed by atoms with E-state index in [0.717, 1.165) is 11.1 Å². The van der Waals surface area contributed by atoms with Crippen LogP contribution in [0, 0.1) is 0 Å². The first-order chi connectivity index (χ1) is 20.6. The zero-order chi connectivity index (χ0) is 29.1. The largest absolute Gasteiger partial charge is 0.497 e. The predicted octanol–water partition coefficient (Wildman–Crippen LogP) is 5.01. The van der Waals surface area contributed by atoms with E-state index in [9.17, 15) is 9.59 Å². The predicted molar refractivity (Wildman–Crippen MR) is 159 cm³/mol. The molecule has 0 radical (unpaired) electrons. The summed E-state index contributed by atoms with van der Waals surface area (Å²) in [4.78, 5) is 30.8. The lowest BCUT2D eigenvalue weighted by atomic mass is 9.80. The van der Waals surface area contributed by atoms with Crippen LogP contribution in [0.25, 0.3) is 0 Å². The third-order valence-corrected chi connectivity index (χ3v) is 7.77. The van der Waals surface area contributed by atoms with Gasteiger partial charge in [0.25, 0.3) is 11.8 Å². The Kier molecular flexibility index (Phi) is 7.90. The van der Waals surface area contributed by atoms with Crippen molar-refractivity contribution in [2.24, 2.45) is 0 Å². The van der Waals surface area contributed by atoms with Crippen LogP contribution in [0.4, 0.5) is 11.4 Å². The number of hydrogen-bond donors (Lipinski definition) is 0. The third-order valence-electron chi connectivity index (χ3n) is 7.77. The average Bonchev–Trinajstić information content (AvgIpc) is 3.04. The summed E-state index contributed by atoms with van der Waals surface area (Å²) in [7, 11) is 3.20. The molecule has 8 heteroatoms. The number of rotatable bonds is 11. The first-order valence-electron chi connectivity index (χ1n) is 13.8. The van der Waals surface area contributed by atoms with Crippen LogP contribution in [0.5, 0.6) is 11.5 Å². The first kappa shape index (κ1) is 27.5. The summed E-state index contributed by atoms with van der Waals surface area (Å²) in [6.45, 7) is 0.534. The maximum Gasteiger partial charge on any atom is 0.258 e. The van der Waals surface area contributed by atoms with Gasteiger partial charge in [-0.3, -0.25) is 9.59 Å². The van der Waals surface area contributed by atoms with Crippen LogP contribution < -0.4 is 19.3 Å². The number of anilines is 2. The number of nitrogens with zero attached hydrogens (tertiary/aromatic N) is 2. The van der Waals surface area contributed by atoms with Crippen molar-refractivity contribution in [1.82, 2.24) is 0 Å². The first-order valence-corrected chi connectivity index (χ1v) is 13.8. The van der Waals surface area contributed by atoms with Gasteiger partial charge in [-0.1, -0.05) is 60.7 Å². The van der Waals surface area contributed by atoms with Crippen molar-refractivity contribution in [2.45, 2.75) is 37.5 Å². The van der Waals surface area contributed by atoms with E-state index >= 15 is 0 Å². The molecule has 6 rings (SSSR count). The van der Waals surface area contributed by atoms with Crippen LogP contribution in [0.2, 0.25) is 0 Å². The lowest BCUT2D eigenvalue weighted by Gasteiger charge is -2.58. The Balaban J connectivity index is 1.35. The van der Waals surface area contributed by atoms with Gasteiger partial charge in [0.05, 0.1) is 39.5 Å². The number of ether oxygens (including phenoxy) is 4.